The number of amides is 1. The van der Waals surface area contributed by atoms with Crippen LogP contribution in [0, 0.1) is 11.8 Å². The van der Waals surface area contributed by atoms with Crippen LogP contribution in [0.1, 0.15) is 30.5 Å². The van der Waals surface area contributed by atoms with E-state index in [0.29, 0.717) is 17.7 Å². The van der Waals surface area contributed by atoms with Gasteiger partial charge in [0, 0.05) is 49.1 Å². The Bertz CT molecular complexity index is 1460. The molecule has 0 radical (unpaired) electrons. The number of likely N-dealkylation sites (tertiary alicyclic amines) is 1. The van der Waals surface area contributed by atoms with Crippen molar-refractivity contribution in [3.63, 3.8) is 0 Å². The number of allylic oxidation sites excluding steroid dienone is 1. The van der Waals surface area contributed by atoms with Crippen molar-refractivity contribution in [2.75, 3.05) is 13.1 Å². The molecule has 6 nitrogen and oxygen atoms in total. The van der Waals surface area contributed by atoms with Gasteiger partial charge in [-0.2, -0.15) is 0 Å². The molecule has 0 unspecified atom stereocenters. The standard InChI is InChI=1S/C29H27N5O/c35-29(22-8-9-22)33-13-11-19(17-33)18-34-27-10-12-30-16-26(27)32-28(34)21-6-4-20(5-7-21)24-14-23-2-1-3-25(23)31-15-24/h1,3-7,10,12,14-16,19,22H,2,8-9,11,13,17-18H2/t19-/m1/s1. The predicted molar refractivity (Wildman–Crippen MR) is 136 cm³/mol. The molecule has 1 aromatic carbocycles. The van der Waals surface area contributed by atoms with Crippen LogP contribution in [0.4, 0.5) is 0 Å². The van der Waals surface area contributed by atoms with Gasteiger partial charge in [-0.1, -0.05) is 30.3 Å². The summed E-state index contributed by atoms with van der Waals surface area (Å²) in [5.41, 5.74) is 7.76. The predicted octanol–water partition coefficient (Wildman–Crippen LogP) is 4.99. The van der Waals surface area contributed by atoms with E-state index in [1.54, 1.807) is 0 Å². The summed E-state index contributed by atoms with van der Waals surface area (Å²) in [4.78, 5) is 28.5. The third-order valence-corrected chi connectivity index (χ3v) is 7.61. The number of hydrogen-bond donors (Lipinski definition) is 0. The summed E-state index contributed by atoms with van der Waals surface area (Å²) in [5.74, 6) is 2.05. The Morgan fingerprint density at radius 3 is 2.71 bits per heavy atom. The largest absolute Gasteiger partial charge is 0.342 e. The zero-order valence-corrected chi connectivity index (χ0v) is 19.6. The zero-order chi connectivity index (χ0) is 23.4. The molecule has 0 N–H and O–H groups in total. The number of benzene rings is 1. The fourth-order valence-corrected chi connectivity index (χ4v) is 5.52. The van der Waals surface area contributed by atoms with Crippen LogP contribution < -0.4 is 0 Å². The van der Waals surface area contributed by atoms with E-state index >= 15 is 0 Å². The number of imidazole rings is 1. The number of aromatic nitrogens is 4. The molecule has 7 rings (SSSR count). The minimum Gasteiger partial charge on any atom is -0.342 e. The average Bonchev–Trinajstić information content (AvgIpc) is 3.30. The summed E-state index contributed by atoms with van der Waals surface area (Å²) >= 11 is 0. The van der Waals surface area contributed by atoms with Crippen LogP contribution in [-0.2, 0) is 17.8 Å². The smallest absolute Gasteiger partial charge is 0.225 e. The SMILES string of the molecule is O=C(C1CC1)N1CC[C@@H](Cn2c(-c3ccc(-c4cnc5c(c4)CC=C5)cc3)nc3cnccc32)C1. The van der Waals surface area contributed by atoms with E-state index in [2.05, 4.69) is 61.9 Å². The summed E-state index contributed by atoms with van der Waals surface area (Å²) in [7, 11) is 0. The summed E-state index contributed by atoms with van der Waals surface area (Å²) in [6.45, 7) is 2.58. The third-order valence-electron chi connectivity index (χ3n) is 7.61. The molecule has 1 aliphatic heterocycles. The molecule has 6 heteroatoms. The minimum atomic E-state index is 0.292. The molecule has 4 aromatic rings. The maximum Gasteiger partial charge on any atom is 0.225 e. The quantitative estimate of drug-likeness (QED) is 0.420. The Labute approximate surface area is 204 Å². The van der Waals surface area contributed by atoms with Crippen LogP contribution in [0.5, 0.6) is 0 Å². The highest BCUT2D eigenvalue weighted by Crippen LogP contribution is 2.34. The van der Waals surface area contributed by atoms with Gasteiger partial charge in [-0.25, -0.2) is 4.98 Å². The fraction of sp³-hybridized carbons (Fsp3) is 0.310. The molecule has 1 amide bonds. The van der Waals surface area contributed by atoms with Gasteiger partial charge in [-0.05, 0) is 60.9 Å². The number of rotatable bonds is 5. The lowest BCUT2D eigenvalue weighted by Gasteiger charge is -2.18. The molecule has 4 heterocycles. The molecule has 3 aromatic heterocycles. The lowest BCUT2D eigenvalue weighted by Crippen LogP contribution is -2.30. The van der Waals surface area contributed by atoms with Crippen LogP contribution in [-0.4, -0.2) is 43.4 Å². The number of fused-ring (bicyclic) bond motifs is 2. The topological polar surface area (TPSA) is 63.9 Å². The Kier molecular flexibility index (Phi) is 4.79. The molecular formula is C29H27N5O. The lowest BCUT2D eigenvalue weighted by atomic mass is 10.0. The van der Waals surface area contributed by atoms with Crippen LogP contribution in [0.15, 0.2) is 61.1 Å². The number of pyridine rings is 2. The lowest BCUT2D eigenvalue weighted by molar-refractivity contribution is -0.131. The molecule has 1 saturated carbocycles. The first kappa shape index (κ1) is 20.6. The Balaban J connectivity index is 1.18. The summed E-state index contributed by atoms with van der Waals surface area (Å²) in [6.07, 6.45) is 14.0. The van der Waals surface area contributed by atoms with Crippen molar-refractivity contribution in [1.29, 1.82) is 0 Å². The molecular weight excluding hydrogens is 434 g/mol. The van der Waals surface area contributed by atoms with Crippen LogP contribution in [0.3, 0.4) is 0 Å². The van der Waals surface area contributed by atoms with Gasteiger partial charge in [0.1, 0.15) is 11.3 Å². The Morgan fingerprint density at radius 1 is 1.00 bits per heavy atom. The third kappa shape index (κ3) is 3.73. The maximum absolute atomic E-state index is 12.6. The van der Waals surface area contributed by atoms with Crippen molar-refractivity contribution < 1.29 is 4.79 Å². The van der Waals surface area contributed by atoms with Gasteiger partial charge in [0.15, 0.2) is 0 Å². The van der Waals surface area contributed by atoms with Crippen LogP contribution in [0.25, 0.3) is 39.6 Å². The van der Waals surface area contributed by atoms with Crippen molar-refractivity contribution >= 4 is 23.0 Å². The highest BCUT2D eigenvalue weighted by atomic mass is 16.2. The Hall–Kier alpha value is -3.80. The van der Waals surface area contributed by atoms with E-state index in [1.807, 2.05) is 24.7 Å². The number of hydrogen-bond acceptors (Lipinski definition) is 4. The molecule has 1 atom stereocenters. The average molecular weight is 462 g/mol. The Morgan fingerprint density at radius 2 is 1.86 bits per heavy atom. The van der Waals surface area contributed by atoms with Crippen molar-refractivity contribution in [2.45, 2.75) is 32.2 Å². The molecule has 3 aliphatic rings. The molecule has 1 saturated heterocycles. The molecule has 0 bridgehead atoms. The maximum atomic E-state index is 12.6. The second kappa shape index (κ2) is 8.15. The van der Waals surface area contributed by atoms with Crippen molar-refractivity contribution in [3.8, 4) is 22.5 Å². The van der Waals surface area contributed by atoms with E-state index in [0.717, 1.165) is 84.6 Å². The van der Waals surface area contributed by atoms with Gasteiger partial charge in [0.25, 0.3) is 0 Å². The first-order valence-electron chi connectivity index (χ1n) is 12.6. The second-order valence-electron chi connectivity index (χ2n) is 10.1. The first-order chi connectivity index (χ1) is 17.2. The van der Waals surface area contributed by atoms with Gasteiger partial charge in [-0.3, -0.25) is 14.8 Å². The molecule has 0 spiro atoms. The van der Waals surface area contributed by atoms with E-state index in [-0.39, 0.29) is 0 Å². The summed E-state index contributed by atoms with van der Waals surface area (Å²) < 4.78 is 2.32. The molecule has 174 valence electrons. The van der Waals surface area contributed by atoms with Gasteiger partial charge in [0.2, 0.25) is 5.91 Å². The van der Waals surface area contributed by atoms with Gasteiger partial charge < -0.3 is 9.47 Å². The van der Waals surface area contributed by atoms with Crippen molar-refractivity contribution in [2.24, 2.45) is 11.8 Å². The van der Waals surface area contributed by atoms with Crippen LogP contribution >= 0.6 is 0 Å². The van der Waals surface area contributed by atoms with Crippen LogP contribution in [0.2, 0.25) is 0 Å². The van der Waals surface area contributed by atoms with E-state index < -0.39 is 0 Å². The van der Waals surface area contributed by atoms with E-state index in [9.17, 15) is 4.79 Å². The van der Waals surface area contributed by atoms with E-state index in [1.165, 1.54) is 5.56 Å². The second-order valence-corrected chi connectivity index (χ2v) is 10.1. The summed E-state index contributed by atoms with van der Waals surface area (Å²) in [5, 5.41) is 0. The zero-order valence-electron chi connectivity index (χ0n) is 19.6. The van der Waals surface area contributed by atoms with Gasteiger partial charge in [0.05, 0.1) is 17.4 Å². The monoisotopic (exact) mass is 461 g/mol. The molecule has 35 heavy (non-hydrogen) atoms. The molecule has 2 fully saturated rings. The van der Waals surface area contributed by atoms with Gasteiger partial charge >= 0.3 is 0 Å². The number of nitrogens with zero attached hydrogens (tertiary/aromatic N) is 5. The minimum absolute atomic E-state index is 0.292. The first-order valence-corrected chi connectivity index (χ1v) is 12.6. The van der Waals surface area contributed by atoms with E-state index in [4.69, 9.17) is 4.98 Å². The highest BCUT2D eigenvalue weighted by molar-refractivity contribution is 5.82. The number of carbonyl (C=O) groups is 1. The van der Waals surface area contributed by atoms with Gasteiger partial charge in [-0.15, -0.1) is 0 Å². The normalized spacial score (nSPS) is 19.0. The highest BCUT2D eigenvalue weighted by Gasteiger charge is 2.36. The van der Waals surface area contributed by atoms with Crippen molar-refractivity contribution in [1.82, 2.24) is 24.4 Å². The summed E-state index contributed by atoms with van der Waals surface area (Å²) in [6, 6.07) is 12.9. The fourth-order valence-electron chi connectivity index (χ4n) is 5.52. The molecule has 2 aliphatic carbocycles. The van der Waals surface area contributed by atoms with Crippen molar-refractivity contribution in [3.05, 3.63) is 72.3 Å². The number of carbonyl (C=O) groups excluding carboxylic acids is 1.